The Bertz CT molecular complexity index is 1390. The van der Waals surface area contributed by atoms with Crippen molar-refractivity contribution in [1.82, 2.24) is 24.4 Å². The smallest absolute Gasteiger partial charge is 0.410 e. The van der Waals surface area contributed by atoms with Crippen LogP contribution in [0.25, 0.3) is 11.2 Å². The molecule has 1 aliphatic rings. The summed E-state index contributed by atoms with van der Waals surface area (Å²) in [5.74, 6) is -0.0222. The molecule has 192 valence electrons. The average molecular weight is 525 g/mol. The number of carbonyl (C=O) groups excluding carboxylic acids is 1. The number of rotatable bonds is 6. The summed E-state index contributed by atoms with van der Waals surface area (Å²) in [6, 6.07) is 13.4. The van der Waals surface area contributed by atoms with Crippen LogP contribution in [0.15, 0.2) is 61.2 Å². The number of likely N-dealkylation sites (tertiary alicyclic amines) is 1. The molecule has 2 aromatic heterocycles. The van der Waals surface area contributed by atoms with Crippen LogP contribution in [0.5, 0.6) is 0 Å². The number of carbonyl (C=O) groups is 1. The van der Waals surface area contributed by atoms with Gasteiger partial charge in [0.15, 0.2) is 11.5 Å². The zero-order valence-corrected chi connectivity index (χ0v) is 20.9. The summed E-state index contributed by atoms with van der Waals surface area (Å²) >= 11 is 6.14. The number of nitrogens with one attached hydrogen (secondary N) is 1. The molecule has 1 aliphatic heterocycles. The highest BCUT2D eigenvalue weighted by Gasteiger charge is 2.41. The van der Waals surface area contributed by atoms with Gasteiger partial charge in [0.05, 0.1) is 18.0 Å². The number of imidazole rings is 1. The third kappa shape index (κ3) is 5.21. The van der Waals surface area contributed by atoms with Crippen molar-refractivity contribution in [3.63, 3.8) is 0 Å². The van der Waals surface area contributed by atoms with Crippen LogP contribution in [0, 0.1) is 5.82 Å². The molecule has 4 aromatic rings. The molecule has 9 nitrogen and oxygen atoms in total. The molecule has 1 amide bonds. The van der Waals surface area contributed by atoms with E-state index in [-0.39, 0.29) is 19.7 Å². The van der Waals surface area contributed by atoms with Crippen LogP contribution in [-0.4, -0.2) is 54.3 Å². The van der Waals surface area contributed by atoms with Gasteiger partial charge in [-0.3, -0.25) is 0 Å². The van der Waals surface area contributed by atoms with Crippen LogP contribution in [0.1, 0.15) is 30.5 Å². The van der Waals surface area contributed by atoms with E-state index in [2.05, 4.69) is 20.3 Å². The van der Waals surface area contributed by atoms with Crippen molar-refractivity contribution >= 4 is 34.7 Å². The normalized spacial score (nSPS) is 19.7. The number of anilines is 1. The lowest BCUT2D eigenvalue weighted by molar-refractivity contribution is -0.0476. The molecule has 2 atom stereocenters. The van der Waals surface area contributed by atoms with Crippen LogP contribution in [0.4, 0.5) is 15.0 Å². The Kier molecular flexibility index (Phi) is 6.94. The quantitative estimate of drug-likeness (QED) is 0.381. The lowest BCUT2D eigenvalue weighted by atomic mass is 9.88. The van der Waals surface area contributed by atoms with Gasteiger partial charge in [0.2, 0.25) is 0 Å². The van der Waals surface area contributed by atoms with Crippen LogP contribution in [-0.2, 0) is 17.9 Å². The fourth-order valence-electron chi connectivity index (χ4n) is 4.47. The lowest BCUT2D eigenvalue weighted by Crippen LogP contribution is -2.52. The first-order valence-electron chi connectivity index (χ1n) is 11.9. The van der Waals surface area contributed by atoms with Gasteiger partial charge in [0.25, 0.3) is 0 Å². The first-order valence-corrected chi connectivity index (χ1v) is 12.2. The Hall–Kier alpha value is -3.76. The maximum absolute atomic E-state index is 14.2. The topological polar surface area (TPSA) is 105 Å². The molecule has 0 radical (unpaired) electrons. The highest BCUT2D eigenvalue weighted by molar-refractivity contribution is 6.31. The molecular formula is C26H26ClFN6O3. The number of nitrogens with zero attached hydrogens (tertiary/aromatic N) is 5. The van der Waals surface area contributed by atoms with E-state index in [0.29, 0.717) is 40.5 Å². The van der Waals surface area contributed by atoms with E-state index in [1.807, 2.05) is 30.3 Å². The van der Waals surface area contributed by atoms with Gasteiger partial charge >= 0.3 is 6.09 Å². The van der Waals surface area contributed by atoms with E-state index >= 15 is 0 Å². The van der Waals surface area contributed by atoms with Gasteiger partial charge in [-0.2, -0.15) is 0 Å². The molecule has 0 unspecified atom stereocenters. The van der Waals surface area contributed by atoms with E-state index in [9.17, 15) is 14.3 Å². The number of amides is 1. The van der Waals surface area contributed by atoms with Gasteiger partial charge in [-0.1, -0.05) is 48.0 Å². The summed E-state index contributed by atoms with van der Waals surface area (Å²) in [4.78, 5) is 27.5. The van der Waals surface area contributed by atoms with Crippen LogP contribution >= 0.6 is 11.6 Å². The predicted molar refractivity (Wildman–Crippen MR) is 137 cm³/mol. The van der Waals surface area contributed by atoms with E-state index < -0.39 is 23.6 Å². The van der Waals surface area contributed by atoms with Gasteiger partial charge in [-0.15, -0.1) is 0 Å². The molecule has 0 spiro atoms. The summed E-state index contributed by atoms with van der Waals surface area (Å²) in [6.07, 6.45) is 2.83. The second-order valence-corrected chi connectivity index (χ2v) is 9.62. The van der Waals surface area contributed by atoms with Crippen LogP contribution in [0.2, 0.25) is 5.02 Å². The summed E-state index contributed by atoms with van der Waals surface area (Å²) in [6.45, 7) is 2.57. The Labute approximate surface area is 217 Å². The van der Waals surface area contributed by atoms with Gasteiger partial charge in [-0.25, -0.2) is 24.1 Å². The van der Waals surface area contributed by atoms with Crippen molar-refractivity contribution in [2.24, 2.45) is 0 Å². The highest BCUT2D eigenvalue weighted by Crippen LogP contribution is 2.34. The average Bonchev–Trinajstić information content (AvgIpc) is 3.32. The summed E-state index contributed by atoms with van der Waals surface area (Å²) in [7, 11) is 0. The number of hydrogen-bond donors (Lipinski definition) is 2. The lowest BCUT2D eigenvalue weighted by Gasteiger charge is -2.42. The molecule has 0 bridgehead atoms. The van der Waals surface area contributed by atoms with E-state index in [1.54, 1.807) is 34.9 Å². The second kappa shape index (κ2) is 10.3. The molecule has 11 heteroatoms. The molecule has 0 aliphatic carbocycles. The Balaban J connectivity index is 1.35. The zero-order chi connectivity index (χ0) is 26.0. The second-order valence-electron chi connectivity index (χ2n) is 9.21. The van der Waals surface area contributed by atoms with Gasteiger partial charge < -0.3 is 24.6 Å². The molecule has 1 fully saturated rings. The third-order valence-electron chi connectivity index (χ3n) is 6.65. The Morgan fingerprint density at radius 3 is 2.81 bits per heavy atom. The van der Waals surface area contributed by atoms with Crippen molar-refractivity contribution < 1.29 is 19.0 Å². The first kappa shape index (κ1) is 24.9. The van der Waals surface area contributed by atoms with Gasteiger partial charge in [0.1, 0.15) is 24.3 Å². The fraction of sp³-hybridized carbons (Fsp3) is 0.308. The molecule has 1 saturated heterocycles. The summed E-state index contributed by atoms with van der Waals surface area (Å²) in [5, 5.41) is 14.6. The fourth-order valence-corrected chi connectivity index (χ4v) is 4.70. The summed E-state index contributed by atoms with van der Waals surface area (Å²) < 4.78 is 21.5. The van der Waals surface area contributed by atoms with E-state index in [0.717, 1.165) is 5.56 Å². The number of aliphatic hydroxyl groups is 1. The molecule has 37 heavy (non-hydrogen) atoms. The molecule has 5 rings (SSSR count). The molecule has 0 saturated carbocycles. The Morgan fingerprint density at radius 1 is 1.22 bits per heavy atom. The predicted octanol–water partition coefficient (Wildman–Crippen LogP) is 4.57. The molecular weight excluding hydrogens is 499 g/mol. The highest BCUT2D eigenvalue weighted by atomic mass is 35.5. The number of piperidine rings is 1. The minimum atomic E-state index is -1.12. The monoisotopic (exact) mass is 524 g/mol. The number of benzene rings is 2. The molecule has 2 N–H and O–H groups in total. The van der Waals surface area contributed by atoms with Gasteiger partial charge in [-0.05, 0) is 31.0 Å². The third-order valence-corrected chi connectivity index (χ3v) is 7.01. The van der Waals surface area contributed by atoms with Crippen LogP contribution < -0.4 is 5.32 Å². The van der Waals surface area contributed by atoms with E-state index in [1.165, 1.54) is 12.4 Å². The van der Waals surface area contributed by atoms with Crippen LogP contribution in [0.3, 0.4) is 0 Å². The van der Waals surface area contributed by atoms with Crippen molar-refractivity contribution in [3.8, 4) is 0 Å². The maximum atomic E-state index is 14.2. The van der Waals surface area contributed by atoms with Crippen molar-refractivity contribution in [2.75, 3.05) is 18.4 Å². The van der Waals surface area contributed by atoms with Crippen molar-refractivity contribution in [3.05, 3.63) is 83.2 Å². The largest absolute Gasteiger partial charge is 0.445 e. The minimum Gasteiger partial charge on any atom is -0.445 e. The SMILES string of the molecule is C[C@@]1(O)CCN(C(=O)OCc2ccccc2)C[C@H]1n1cnc2c(NCc3c(F)cccc3Cl)ncnc21. The Morgan fingerprint density at radius 2 is 2.03 bits per heavy atom. The molecule has 3 heterocycles. The number of ether oxygens (including phenoxy) is 1. The first-order chi connectivity index (χ1) is 17.8. The standard InChI is InChI=1S/C26H26ClFN6O3/c1-26(36)10-11-33(25(35)37-14-17-6-3-2-4-7-17)13-21(26)34-16-32-22-23(30-15-31-24(22)34)29-12-18-19(27)8-5-9-20(18)28/h2-9,15-16,21,36H,10-14H2,1H3,(H,29,30,31)/t21-,26-/m1/s1. The number of halogens is 2. The van der Waals surface area contributed by atoms with Crippen molar-refractivity contribution in [1.29, 1.82) is 0 Å². The van der Waals surface area contributed by atoms with Crippen molar-refractivity contribution in [2.45, 2.75) is 38.1 Å². The number of fused-ring (bicyclic) bond motifs is 1. The zero-order valence-electron chi connectivity index (χ0n) is 20.1. The number of aromatic nitrogens is 4. The minimum absolute atomic E-state index is 0.104. The molecule has 2 aromatic carbocycles. The van der Waals surface area contributed by atoms with E-state index in [4.69, 9.17) is 16.3 Å². The van der Waals surface area contributed by atoms with Gasteiger partial charge in [0, 0.05) is 30.2 Å². The number of hydrogen-bond acceptors (Lipinski definition) is 7. The maximum Gasteiger partial charge on any atom is 0.410 e. The summed E-state index contributed by atoms with van der Waals surface area (Å²) in [5.41, 5.74) is 1.01.